The lowest BCUT2D eigenvalue weighted by atomic mass is 10.1. The van der Waals surface area contributed by atoms with Gasteiger partial charge in [0.05, 0.1) is 22.5 Å². The summed E-state index contributed by atoms with van der Waals surface area (Å²) in [5.74, 6) is -1.96. The van der Waals surface area contributed by atoms with E-state index in [1.807, 2.05) is 0 Å². The predicted octanol–water partition coefficient (Wildman–Crippen LogP) is 4.65. The maximum Gasteiger partial charge on any atom is 0.335 e. The maximum absolute atomic E-state index is 11.0. The molecule has 0 unspecified atom stereocenters. The summed E-state index contributed by atoms with van der Waals surface area (Å²) in [6.07, 6.45) is 0. The lowest BCUT2D eigenvalue weighted by Gasteiger charge is -2.01. The second-order valence-electron chi connectivity index (χ2n) is 5.10. The van der Waals surface area contributed by atoms with Crippen LogP contribution in [0.25, 0.3) is 10.8 Å². The molecule has 0 fully saturated rings. The summed E-state index contributed by atoms with van der Waals surface area (Å²) in [4.78, 5) is 21.8. The van der Waals surface area contributed by atoms with Gasteiger partial charge in [-0.05, 0) is 59.3 Å². The number of hydrogen-bond donors (Lipinski definition) is 2. The highest BCUT2D eigenvalue weighted by Gasteiger charge is 2.04. The van der Waals surface area contributed by atoms with E-state index < -0.39 is 11.9 Å². The minimum atomic E-state index is -0.992. The van der Waals surface area contributed by atoms with Crippen LogP contribution in [0.5, 0.6) is 0 Å². The van der Waals surface area contributed by atoms with Gasteiger partial charge in [0, 0.05) is 0 Å². The Bertz CT molecular complexity index is 962. The second kappa shape index (κ2) is 6.29. The Labute approximate surface area is 136 Å². The Morgan fingerprint density at radius 1 is 0.625 bits per heavy atom. The van der Waals surface area contributed by atoms with Gasteiger partial charge in [0.25, 0.3) is 0 Å². The van der Waals surface area contributed by atoms with Gasteiger partial charge in [-0.2, -0.15) is 10.2 Å². The Balaban J connectivity index is 1.85. The zero-order valence-corrected chi connectivity index (χ0v) is 12.4. The number of hydrogen-bond acceptors (Lipinski definition) is 4. The van der Waals surface area contributed by atoms with E-state index in [4.69, 9.17) is 10.2 Å². The van der Waals surface area contributed by atoms with Gasteiger partial charge in [0.2, 0.25) is 0 Å². The molecule has 0 aliphatic heterocycles. The van der Waals surface area contributed by atoms with Gasteiger partial charge in [0.1, 0.15) is 0 Å². The van der Waals surface area contributed by atoms with Crippen LogP contribution in [-0.4, -0.2) is 22.2 Å². The predicted molar refractivity (Wildman–Crippen MR) is 88.5 cm³/mol. The number of carboxylic acids is 2. The zero-order chi connectivity index (χ0) is 17.1. The van der Waals surface area contributed by atoms with Crippen molar-refractivity contribution in [2.75, 3.05) is 0 Å². The molecule has 0 aliphatic rings. The number of fused-ring (bicyclic) bond motifs is 1. The molecule has 0 aromatic heterocycles. The van der Waals surface area contributed by atoms with E-state index in [9.17, 15) is 9.59 Å². The number of carboxylic acid groups (broad SMARTS) is 2. The number of azo groups is 1. The van der Waals surface area contributed by atoms with Crippen molar-refractivity contribution in [2.45, 2.75) is 0 Å². The van der Waals surface area contributed by atoms with Crippen molar-refractivity contribution in [1.82, 2.24) is 0 Å². The Morgan fingerprint density at radius 3 is 1.79 bits per heavy atom. The molecule has 0 amide bonds. The molecule has 0 saturated carbocycles. The lowest BCUT2D eigenvalue weighted by Crippen LogP contribution is -1.94. The highest BCUT2D eigenvalue weighted by atomic mass is 16.4. The van der Waals surface area contributed by atoms with Gasteiger partial charge in [-0.1, -0.05) is 12.1 Å². The standard InChI is InChI=1S/C18H12N2O4/c21-17(22)11-3-6-15(7-4-11)19-20-16-8-5-12-9-14(18(23)24)2-1-13(12)10-16/h1-10H,(H,21,22)(H,23,24). The van der Waals surface area contributed by atoms with E-state index in [1.165, 1.54) is 18.2 Å². The molecule has 3 aromatic carbocycles. The SMILES string of the molecule is O=C(O)c1ccc(N=Nc2ccc3cc(C(=O)O)ccc3c2)cc1. The quantitative estimate of drug-likeness (QED) is 0.683. The average molecular weight is 320 g/mol. The molecular weight excluding hydrogens is 308 g/mol. The van der Waals surface area contributed by atoms with Crippen LogP contribution in [0.4, 0.5) is 11.4 Å². The number of rotatable bonds is 4. The Hall–Kier alpha value is -3.54. The summed E-state index contributed by atoms with van der Waals surface area (Å²) >= 11 is 0. The average Bonchev–Trinajstić information content (AvgIpc) is 2.59. The van der Waals surface area contributed by atoms with Crippen molar-refractivity contribution in [3.8, 4) is 0 Å². The second-order valence-corrected chi connectivity index (χ2v) is 5.10. The summed E-state index contributed by atoms with van der Waals surface area (Å²) in [6.45, 7) is 0. The van der Waals surface area contributed by atoms with E-state index in [2.05, 4.69) is 10.2 Å². The molecule has 0 bridgehead atoms. The molecule has 0 radical (unpaired) electrons. The monoisotopic (exact) mass is 320 g/mol. The molecule has 6 heteroatoms. The molecular formula is C18H12N2O4. The first-order chi connectivity index (χ1) is 11.5. The van der Waals surface area contributed by atoms with Gasteiger partial charge in [-0.15, -0.1) is 0 Å². The van der Waals surface area contributed by atoms with Gasteiger partial charge in [-0.3, -0.25) is 0 Å². The summed E-state index contributed by atoms with van der Waals surface area (Å²) in [5, 5.41) is 27.7. The van der Waals surface area contributed by atoms with Gasteiger partial charge < -0.3 is 10.2 Å². The summed E-state index contributed by atoms with van der Waals surface area (Å²) in [5.41, 5.74) is 1.58. The molecule has 2 N–H and O–H groups in total. The van der Waals surface area contributed by atoms with E-state index >= 15 is 0 Å². The summed E-state index contributed by atoms with van der Waals surface area (Å²) in [7, 11) is 0. The van der Waals surface area contributed by atoms with Crippen LogP contribution < -0.4 is 0 Å². The maximum atomic E-state index is 11.0. The summed E-state index contributed by atoms with van der Waals surface area (Å²) < 4.78 is 0. The molecule has 0 saturated heterocycles. The summed E-state index contributed by atoms with van der Waals surface area (Å²) in [6, 6.07) is 16.3. The normalized spacial score (nSPS) is 11.0. The Kier molecular flexibility index (Phi) is 4.03. The van der Waals surface area contributed by atoms with Crippen LogP contribution in [0.3, 0.4) is 0 Å². The zero-order valence-electron chi connectivity index (χ0n) is 12.4. The molecule has 0 atom stereocenters. The van der Waals surface area contributed by atoms with E-state index in [-0.39, 0.29) is 11.1 Å². The van der Waals surface area contributed by atoms with Crippen LogP contribution in [-0.2, 0) is 0 Å². The first-order valence-corrected chi connectivity index (χ1v) is 7.05. The molecule has 3 aromatic rings. The largest absolute Gasteiger partial charge is 0.478 e. The molecule has 6 nitrogen and oxygen atoms in total. The van der Waals surface area contributed by atoms with Gasteiger partial charge >= 0.3 is 11.9 Å². The number of carbonyl (C=O) groups is 2. The molecule has 24 heavy (non-hydrogen) atoms. The first-order valence-electron chi connectivity index (χ1n) is 7.05. The Morgan fingerprint density at radius 2 is 1.12 bits per heavy atom. The smallest absolute Gasteiger partial charge is 0.335 e. The number of benzene rings is 3. The highest BCUT2D eigenvalue weighted by Crippen LogP contribution is 2.24. The topological polar surface area (TPSA) is 99.3 Å². The molecule has 0 spiro atoms. The van der Waals surface area contributed by atoms with Crippen molar-refractivity contribution in [1.29, 1.82) is 0 Å². The van der Waals surface area contributed by atoms with Crippen LogP contribution >= 0.6 is 0 Å². The highest BCUT2D eigenvalue weighted by molar-refractivity contribution is 5.95. The molecule has 0 heterocycles. The van der Waals surface area contributed by atoms with E-state index in [1.54, 1.807) is 42.5 Å². The van der Waals surface area contributed by atoms with Crippen LogP contribution in [0, 0.1) is 0 Å². The van der Waals surface area contributed by atoms with Crippen molar-refractivity contribution >= 4 is 34.1 Å². The van der Waals surface area contributed by atoms with Crippen molar-refractivity contribution in [3.05, 3.63) is 71.8 Å². The first kappa shape index (κ1) is 15.4. The number of nitrogens with zero attached hydrogens (tertiary/aromatic N) is 2. The third kappa shape index (κ3) is 3.27. The van der Waals surface area contributed by atoms with Crippen molar-refractivity contribution in [2.24, 2.45) is 10.2 Å². The lowest BCUT2D eigenvalue weighted by molar-refractivity contribution is 0.0686. The number of aromatic carboxylic acids is 2. The fourth-order valence-electron chi connectivity index (χ4n) is 2.21. The van der Waals surface area contributed by atoms with Crippen LogP contribution in [0.1, 0.15) is 20.7 Å². The van der Waals surface area contributed by atoms with Crippen LogP contribution in [0.2, 0.25) is 0 Å². The van der Waals surface area contributed by atoms with Crippen LogP contribution in [0.15, 0.2) is 70.9 Å². The van der Waals surface area contributed by atoms with Crippen molar-refractivity contribution < 1.29 is 19.8 Å². The van der Waals surface area contributed by atoms with E-state index in [0.717, 1.165) is 10.8 Å². The fourth-order valence-corrected chi connectivity index (χ4v) is 2.21. The van der Waals surface area contributed by atoms with E-state index in [0.29, 0.717) is 11.4 Å². The van der Waals surface area contributed by atoms with Crippen molar-refractivity contribution in [3.63, 3.8) is 0 Å². The molecule has 0 aliphatic carbocycles. The van der Waals surface area contributed by atoms with Gasteiger partial charge in [0.15, 0.2) is 0 Å². The molecule has 3 rings (SSSR count). The third-order valence-electron chi connectivity index (χ3n) is 3.47. The third-order valence-corrected chi connectivity index (χ3v) is 3.47. The van der Waals surface area contributed by atoms with Gasteiger partial charge in [-0.25, -0.2) is 9.59 Å². The minimum Gasteiger partial charge on any atom is -0.478 e. The fraction of sp³-hybridized carbons (Fsp3) is 0. The minimum absolute atomic E-state index is 0.189. The molecule has 118 valence electrons.